The number of carbonyl (C=O) groups is 1. The Morgan fingerprint density at radius 3 is 2.21 bits per heavy atom. The highest BCUT2D eigenvalue weighted by molar-refractivity contribution is 5.94. The van der Waals surface area contributed by atoms with E-state index in [2.05, 4.69) is 60.2 Å². The monoisotopic (exact) mass is 518 g/mol. The van der Waals surface area contributed by atoms with Gasteiger partial charge in [-0.3, -0.25) is 4.79 Å². The third kappa shape index (κ3) is 5.16. The first kappa shape index (κ1) is 24.5. The van der Waals surface area contributed by atoms with Gasteiger partial charge in [0.15, 0.2) is 5.82 Å². The van der Waals surface area contributed by atoms with Crippen LogP contribution in [0.2, 0.25) is 0 Å². The molecule has 9 nitrogen and oxygen atoms in total. The first-order valence-corrected chi connectivity index (χ1v) is 13.1. The number of carbonyl (C=O) groups excluding carboxylic acids is 1. The molecule has 0 spiro atoms. The van der Waals surface area contributed by atoms with Crippen molar-refractivity contribution in [1.82, 2.24) is 29.5 Å². The molecular weight excluding hydrogens is 488 g/mol. The van der Waals surface area contributed by atoms with Crippen molar-refractivity contribution < 1.29 is 4.79 Å². The van der Waals surface area contributed by atoms with E-state index in [4.69, 9.17) is 0 Å². The molecule has 0 atom stereocenters. The largest absolute Gasteiger partial charge is 0.351 e. The summed E-state index contributed by atoms with van der Waals surface area (Å²) in [6, 6.07) is 20.2. The van der Waals surface area contributed by atoms with Crippen molar-refractivity contribution in [2.24, 2.45) is 0 Å². The molecule has 1 aliphatic heterocycles. The summed E-state index contributed by atoms with van der Waals surface area (Å²) in [6.07, 6.45) is 8.30. The van der Waals surface area contributed by atoms with Crippen LogP contribution in [-0.4, -0.2) is 75.6 Å². The lowest BCUT2D eigenvalue weighted by molar-refractivity contribution is 0.0827. The Bertz CT molecular complexity index is 1570. The molecule has 5 aromatic rings. The maximum Gasteiger partial charge on any atom is 0.253 e. The fourth-order valence-electron chi connectivity index (χ4n) is 4.93. The average molecular weight is 519 g/mol. The van der Waals surface area contributed by atoms with E-state index in [0.717, 1.165) is 66.6 Å². The molecule has 0 unspecified atom stereocenters. The van der Waals surface area contributed by atoms with Gasteiger partial charge in [0.1, 0.15) is 11.8 Å². The zero-order valence-corrected chi connectivity index (χ0v) is 22.1. The van der Waals surface area contributed by atoms with Crippen LogP contribution in [0.3, 0.4) is 0 Å². The van der Waals surface area contributed by atoms with Crippen LogP contribution in [0.5, 0.6) is 0 Å². The molecular formula is C30H30N8O. The van der Waals surface area contributed by atoms with Crippen LogP contribution in [0.25, 0.3) is 16.6 Å². The Morgan fingerprint density at radius 1 is 0.821 bits per heavy atom. The lowest BCUT2D eigenvalue weighted by atomic mass is 10.1. The maximum atomic E-state index is 12.2. The number of rotatable bonds is 6. The predicted octanol–water partition coefficient (Wildman–Crippen LogP) is 3.81. The molecule has 0 bridgehead atoms. The van der Waals surface area contributed by atoms with E-state index < -0.39 is 0 Å². The van der Waals surface area contributed by atoms with Crippen molar-refractivity contribution in [3.8, 4) is 11.1 Å². The van der Waals surface area contributed by atoms with Crippen molar-refractivity contribution in [3.63, 3.8) is 0 Å². The second-order valence-electron chi connectivity index (χ2n) is 9.95. The lowest BCUT2D eigenvalue weighted by Gasteiger charge is -2.35. The Balaban J connectivity index is 1.14. The van der Waals surface area contributed by atoms with Crippen LogP contribution in [-0.2, 0) is 6.42 Å². The number of benzene rings is 2. The van der Waals surface area contributed by atoms with E-state index in [0.29, 0.717) is 5.56 Å². The highest BCUT2D eigenvalue weighted by Gasteiger charge is 2.22. The number of aromatic nitrogens is 5. The Morgan fingerprint density at radius 2 is 1.51 bits per heavy atom. The number of hydrogen-bond donors (Lipinski definition) is 0. The summed E-state index contributed by atoms with van der Waals surface area (Å²) >= 11 is 0. The molecule has 6 rings (SSSR count). The number of hydrogen-bond acceptors (Lipinski definition) is 7. The van der Waals surface area contributed by atoms with Gasteiger partial charge in [0.05, 0.1) is 0 Å². The zero-order chi connectivity index (χ0) is 26.8. The number of anilines is 2. The summed E-state index contributed by atoms with van der Waals surface area (Å²) in [7, 11) is 3.51. The van der Waals surface area contributed by atoms with Crippen LogP contribution in [0.4, 0.5) is 11.8 Å². The molecule has 196 valence electrons. The second-order valence-corrected chi connectivity index (χ2v) is 9.95. The van der Waals surface area contributed by atoms with Crippen molar-refractivity contribution in [3.05, 3.63) is 102 Å². The fourth-order valence-corrected chi connectivity index (χ4v) is 4.93. The normalized spacial score (nSPS) is 13.6. The van der Waals surface area contributed by atoms with Gasteiger partial charge >= 0.3 is 0 Å². The van der Waals surface area contributed by atoms with E-state index >= 15 is 0 Å². The molecule has 2 aromatic carbocycles. The molecule has 0 N–H and O–H groups in total. The summed E-state index contributed by atoms with van der Waals surface area (Å²) in [4.78, 5) is 32.3. The lowest BCUT2D eigenvalue weighted by Crippen LogP contribution is -2.47. The van der Waals surface area contributed by atoms with Gasteiger partial charge in [-0.05, 0) is 34.9 Å². The summed E-state index contributed by atoms with van der Waals surface area (Å²) in [6.45, 7) is 3.24. The van der Waals surface area contributed by atoms with Gasteiger partial charge in [0.2, 0.25) is 5.95 Å². The third-order valence-corrected chi connectivity index (χ3v) is 7.06. The van der Waals surface area contributed by atoms with Gasteiger partial charge in [0.25, 0.3) is 5.91 Å². The summed E-state index contributed by atoms with van der Waals surface area (Å²) < 4.78 is 1.87. The first-order chi connectivity index (χ1) is 19.0. The molecule has 1 saturated heterocycles. The van der Waals surface area contributed by atoms with Crippen LogP contribution in [0, 0.1) is 0 Å². The smallest absolute Gasteiger partial charge is 0.253 e. The van der Waals surface area contributed by atoms with Crippen molar-refractivity contribution >= 4 is 23.2 Å². The van der Waals surface area contributed by atoms with Crippen LogP contribution in [0.1, 0.15) is 21.5 Å². The van der Waals surface area contributed by atoms with Gasteiger partial charge in [0, 0.05) is 76.4 Å². The number of amides is 1. The molecule has 0 radical (unpaired) electrons. The van der Waals surface area contributed by atoms with E-state index in [9.17, 15) is 4.79 Å². The number of piperazine rings is 1. The maximum absolute atomic E-state index is 12.2. The molecule has 4 heterocycles. The van der Waals surface area contributed by atoms with Crippen LogP contribution in [0.15, 0.2) is 85.6 Å². The average Bonchev–Trinajstić information content (AvgIpc) is 3.43. The third-order valence-electron chi connectivity index (χ3n) is 7.06. The molecule has 1 fully saturated rings. The highest BCUT2D eigenvalue weighted by atomic mass is 16.2. The second kappa shape index (κ2) is 10.5. The minimum atomic E-state index is -0.00980. The highest BCUT2D eigenvalue weighted by Crippen LogP contribution is 2.28. The zero-order valence-electron chi connectivity index (χ0n) is 22.1. The van der Waals surface area contributed by atoms with Gasteiger partial charge in [-0.2, -0.15) is 5.10 Å². The SMILES string of the molecule is CN(C)C(=O)c1ccc(-c2cc3c(N4CCN(c5ncc(Cc6ccccc6)cn5)CC4)ncnn3c2)cc1. The van der Waals surface area contributed by atoms with Crippen molar-refractivity contribution in [1.29, 1.82) is 0 Å². The van der Waals surface area contributed by atoms with Gasteiger partial charge in [-0.15, -0.1) is 0 Å². The molecule has 1 aliphatic rings. The predicted molar refractivity (Wildman–Crippen MR) is 152 cm³/mol. The van der Waals surface area contributed by atoms with E-state index in [1.54, 1.807) is 25.3 Å². The summed E-state index contributed by atoms with van der Waals surface area (Å²) in [5.74, 6) is 1.67. The van der Waals surface area contributed by atoms with E-state index in [-0.39, 0.29) is 5.91 Å². The van der Waals surface area contributed by atoms with E-state index in [1.165, 1.54) is 5.56 Å². The Hall–Kier alpha value is -4.79. The summed E-state index contributed by atoms with van der Waals surface area (Å²) in [5, 5.41) is 4.44. The molecule has 9 heteroatoms. The fraction of sp³-hybridized carbons (Fsp3) is 0.233. The molecule has 3 aromatic heterocycles. The first-order valence-electron chi connectivity index (χ1n) is 13.1. The standard InChI is InChI=1S/C30H30N8O/c1-35(2)29(39)25-10-8-24(9-11-25)26-17-27-28(33-21-34-38(27)20-26)36-12-14-37(15-13-36)30-31-18-23(19-32-30)16-22-6-4-3-5-7-22/h3-11,17-21H,12-16H2,1-2H3. The minimum Gasteiger partial charge on any atom is -0.351 e. The van der Waals surface area contributed by atoms with Gasteiger partial charge < -0.3 is 14.7 Å². The Kier molecular flexibility index (Phi) is 6.62. The van der Waals surface area contributed by atoms with Crippen LogP contribution >= 0.6 is 0 Å². The number of fused-ring (bicyclic) bond motifs is 1. The van der Waals surface area contributed by atoms with Crippen LogP contribution < -0.4 is 9.80 Å². The van der Waals surface area contributed by atoms with Gasteiger partial charge in [-0.25, -0.2) is 19.5 Å². The number of nitrogens with zero attached hydrogens (tertiary/aromatic N) is 8. The van der Waals surface area contributed by atoms with E-state index in [1.807, 2.05) is 53.4 Å². The molecule has 0 saturated carbocycles. The molecule has 1 amide bonds. The Labute approximate surface area is 227 Å². The topological polar surface area (TPSA) is 82.8 Å². The molecule has 39 heavy (non-hydrogen) atoms. The van der Waals surface area contributed by atoms with Gasteiger partial charge in [-0.1, -0.05) is 42.5 Å². The van der Waals surface area contributed by atoms with Crippen molar-refractivity contribution in [2.75, 3.05) is 50.1 Å². The minimum absolute atomic E-state index is 0.00980. The van der Waals surface area contributed by atoms with Crippen molar-refractivity contribution in [2.45, 2.75) is 6.42 Å². The molecule has 0 aliphatic carbocycles. The quantitative estimate of drug-likeness (QED) is 0.338. The summed E-state index contributed by atoms with van der Waals surface area (Å²) in [5.41, 5.74) is 6.04.